The molecule has 0 aliphatic heterocycles. The van der Waals surface area contributed by atoms with Crippen LogP contribution in [0.2, 0.25) is 0 Å². The summed E-state index contributed by atoms with van der Waals surface area (Å²) in [5.41, 5.74) is 2.45. The Hall–Kier alpha value is -2.69. The molecule has 20 heavy (non-hydrogen) atoms. The van der Waals surface area contributed by atoms with Gasteiger partial charge in [0.2, 0.25) is 0 Å². The molecule has 0 spiro atoms. The number of pyridine rings is 1. The van der Waals surface area contributed by atoms with E-state index < -0.39 is 0 Å². The van der Waals surface area contributed by atoms with E-state index in [4.69, 9.17) is 0 Å². The van der Waals surface area contributed by atoms with Gasteiger partial charge in [-0.2, -0.15) is 5.10 Å². The maximum Gasteiger partial charge on any atom is 0.272 e. The predicted molar refractivity (Wildman–Crippen MR) is 76.4 cm³/mol. The summed E-state index contributed by atoms with van der Waals surface area (Å²) in [5, 5.41) is 10.7. The highest BCUT2D eigenvalue weighted by atomic mass is 16.1. The van der Waals surface area contributed by atoms with Crippen molar-refractivity contribution in [3.63, 3.8) is 0 Å². The molecule has 0 fully saturated rings. The molecule has 2 heterocycles. The fraction of sp³-hybridized carbons (Fsp3) is 0.133. The summed E-state index contributed by atoms with van der Waals surface area (Å²) >= 11 is 0. The second-order valence-electron chi connectivity index (χ2n) is 4.48. The topological polar surface area (TPSA) is 70.7 Å². The lowest BCUT2D eigenvalue weighted by Crippen LogP contribution is -2.26. The van der Waals surface area contributed by atoms with Crippen LogP contribution in [0.5, 0.6) is 0 Å². The molecule has 0 saturated heterocycles. The number of nitrogens with one attached hydrogen (secondary N) is 2. The molecule has 0 aliphatic carbocycles. The summed E-state index contributed by atoms with van der Waals surface area (Å²) in [4.78, 5) is 16.1. The van der Waals surface area contributed by atoms with Crippen molar-refractivity contribution < 1.29 is 4.79 Å². The molecule has 0 unspecified atom stereocenters. The van der Waals surface area contributed by atoms with Gasteiger partial charge in [-0.25, -0.2) is 0 Å². The van der Waals surface area contributed by atoms with E-state index in [9.17, 15) is 4.79 Å². The molecule has 5 heteroatoms. The highest BCUT2D eigenvalue weighted by Gasteiger charge is 2.12. The van der Waals surface area contributed by atoms with Gasteiger partial charge in [0.15, 0.2) is 5.69 Å². The first kappa shape index (κ1) is 12.3. The van der Waals surface area contributed by atoms with Gasteiger partial charge in [0.05, 0.1) is 5.52 Å². The molecular formula is C15H14N4O. The second-order valence-corrected chi connectivity index (χ2v) is 4.48. The molecule has 0 saturated carbocycles. The second kappa shape index (κ2) is 5.52. The zero-order chi connectivity index (χ0) is 13.8. The number of hydrogen-bond donors (Lipinski definition) is 2. The van der Waals surface area contributed by atoms with Crippen LogP contribution < -0.4 is 5.32 Å². The molecule has 0 aliphatic rings. The van der Waals surface area contributed by atoms with Gasteiger partial charge in [-0.1, -0.05) is 18.2 Å². The van der Waals surface area contributed by atoms with Crippen LogP contribution in [-0.4, -0.2) is 27.6 Å². The molecule has 0 bridgehead atoms. The minimum Gasteiger partial charge on any atom is -0.350 e. The molecule has 0 radical (unpaired) electrons. The number of benzene rings is 1. The summed E-state index contributed by atoms with van der Waals surface area (Å²) in [7, 11) is 0. The minimum atomic E-state index is -0.156. The van der Waals surface area contributed by atoms with E-state index in [0.29, 0.717) is 12.2 Å². The van der Waals surface area contributed by atoms with Gasteiger partial charge < -0.3 is 5.32 Å². The third-order valence-corrected chi connectivity index (χ3v) is 3.13. The number of nitrogens with zero attached hydrogens (tertiary/aromatic N) is 2. The fourth-order valence-corrected chi connectivity index (χ4v) is 2.09. The predicted octanol–water partition coefficient (Wildman–Crippen LogP) is 1.93. The first-order chi connectivity index (χ1) is 9.84. The van der Waals surface area contributed by atoms with Crippen molar-refractivity contribution in [1.29, 1.82) is 0 Å². The zero-order valence-electron chi connectivity index (χ0n) is 10.8. The Morgan fingerprint density at radius 3 is 2.80 bits per heavy atom. The third kappa shape index (κ3) is 2.51. The number of carbonyl (C=O) groups excluding carboxylic acids is 1. The number of amides is 1. The van der Waals surface area contributed by atoms with Crippen molar-refractivity contribution in [3.8, 4) is 0 Å². The fourth-order valence-electron chi connectivity index (χ4n) is 2.09. The zero-order valence-corrected chi connectivity index (χ0v) is 10.8. The molecular weight excluding hydrogens is 252 g/mol. The van der Waals surface area contributed by atoms with Crippen LogP contribution in [0.25, 0.3) is 10.9 Å². The summed E-state index contributed by atoms with van der Waals surface area (Å²) < 4.78 is 0. The summed E-state index contributed by atoms with van der Waals surface area (Å²) in [6.07, 6.45) is 4.27. The lowest BCUT2D eigenvalue weighted by Gasteiger charge is -2.03. The van der Waals surface area contributed by atoms with Crippen molar-refractivity contribution >= 4 is 16.8 Å². The normalized spacial score (nSPS) is 10.6. The van der Waals surface area contributed by atoms with Gasteiger partial charge in [0, 0.05) is 24.3 Å². The lowest BCUT2D eigenvalue weighted by molar-refractivity contribution is 0.0950. The number of H-pyrrole nitrogens is 1. The summed E-state index contributed by atoms with van der Waals surface area (Å²) in [6.45, 7) is 0.573. The Morgan fingerprint density at radius 1 is 1.15 bits per heavy atom. The van der Waals surface area contributed by atoms with Crippen molar-refractivity contribution in [2.24, 2.45) is 0 Å². The van der Waals surface area contributed by atoms with E-state index in [-0.39, 0.29) is 5.91 Å². The molecule has 5 nitrogen and oxygen atoms in total. The van der Waals surface area contributed by atoms with Crippen LogP contribution in [-0.2, 0) is 6.42 Å². The average Bonchev–Trinajstić information content (AvgIpc) is 2.92. The largest absolute Gasteiger partial charge is 0.350 e. The molecule has 0 atom stereocenters. The van der Waals surface area contributed by atoms with Gasteiger partial charge in [-0.05, 0) is 30.2 Å². The number of aromatic amines is 1. The Bertz CT molecular complexity index is 721. The van der Waals surface area contributed by atoms with Crippen molar-refractivity contribution in [2.45, 2.75) is 6.42 Å². The van der Waals surface area contributed by atoms with Crippen molar-refractivity contribution in [3.05, 3.63) is 60.0 Å². The van der Waals surface area contributed by atoms with Crippen LogP contribution >= 0.6 is 0 Å². The SMILES string of the molecule is O=C(NCCc1ccncc1)c1n[nH]c2ccccc12. The van der Waals surface area contributed by atoms with Crippen molar-refractivity contribution in [1.82, 2.24) is 20.5 Å². The number of para-hydroxylation sites is 1. The van der Waals surface area contributed by atoms with Crippen LogP contribution in [0.4, 0.5) is 0 Å². The van der Waals surface area contributed by atoms with E-state index in [1.807, 2.05) is 36.4 Å². The Balaban J connectivity index is 1.65. The molecule has 1 amide bonds. The summed E-state index contributed by atoms with van der Waals surface area (Å²) in [6, 6.07) is 11.5. The molecule has 1 aromatic carbocycles. The smallest absolute Gasteiger partial charge is 0.272 e. The van der Waals surface area contributed by atoms with E-state index in [1.54, 1.807) is 12.4 Å². The number of aromatic nitrogens is 3. The average molecular weight is 266 g/mol. The Labute approximate surface area is 116 Å². The lowest BCUT2D eigenvalue weighted by atomic mass is 10.2. The Kier molecular flexibility index (Phi) is 3.41. The number of hydrogen-bond acceptors (Lipinski definition) is 3. The van der Waals surface area contributed by atoms with E-state index in [2.05, 4.69) is 20.5 Å². The Morgan fingerprint density at radius 2 is 1.95 bits per heavy atom. The number of fused-ring (bicyclic) bond motifs is 1. The molecule has 3 aromatic rings. The van der Waals surface area contributed by atoms with E-state index >= 15 is 0 Å². The van der Waals surface area contributed by atoms with Crippen LogP contribution in [0, 0.1) is 0 Å². The molecule has 100 valence electrons. The quantitative estimate of drug-likeness (QED) is 0.758. The maximum atomic E-state index is 12.1. The minimum absolute atomic E-state index is 0.156. The standard InChI is InChI=1S/C15H14N4O/c20-15(17-10-7-11-5-8-16-9-6-11)14-12-3-1-2-4-13(12)18-19-14/h1-6,8-9H,7,10H2,(H,17,20)(H,18,19). The maximum absolute atomic E-state index is 12.1. The summed E-state index contributed by atoms with van der Waals surface area (Å²) in [5.74, 6) is -0.156. The first-order valence-corrected chi connectivity index (χ1v) is 6.45. The van der Waals surface area contributed by atoms with Crippen molar-refractivity contribution in [2.75, 3.05) is 6.54 Å². The monoisotopic (exact) mass is 266 g/mol. The van der Waals surface area contributed by atoms with Crippen LogP contribution in [0.1, 0.15) is 16.1 Å². The highest BCUT2D eigenvalue weighted by molar-refractivity contribution is 6.04. The molecule has 2 N–H and O–H groups in total. The van der Waals surface area contributed by atoms with Gasteiger partial charge in [-0.3, -0.25) is 14.9 Å². The molecule has 3 rings (SSSR count). The van der Waals surface area contributed by atoms with Crippen LogP contribution in [0.3, 0.4) is 0 Å². The third-order valence-electron chi connectivity index (χ3n) is 3.13. The molecule has 2 aromatic heterocycles. The number of rotatable bonds is 4. The van der Waals surface area contributed by atoms with Gasteiger partial charge in [0.1, 0.15) is 0 Å². The first-order valence-electron chi connectivity index (χ1n) is 6.45. The van der Waals surface area contributed by atoms with Crippen LogP contribution in [0.15, 0.2) is 48.8 Å². The van der Waals surface area contributed by atoms with Gasteiger partial charge >= 0.3 is 0 Å². The number of carbonyl (C=O) groups is 1. The van der Waals surface area contributed by atoms with E-state index in [1.165, 1.54) is 0 Å². The highest BCUT2D eigenvalue weighted by Crippen LogP contribution is 2.14. The van der Waals surface area contributed by atoms with E-state index in [0.717, 1.165) is 22.9 Å². The van der Waals surface area contributed by atoms with Gasteiger partial charge in [0.25, 0.3) is 5.91 Å². The van der Waals surface area contributed by atoms with Gasteiger partial charge in [-0.15, -0.1) is 0 Å².